The third-order valence-corrected chi connectivity index (χ3v) is 6.42. The molecule has 0 aliphatic heterocycles. The number of aryl methyl sites for hydroxylation is 3. The Hall–Kier alpha value is -3.58. The van der Waals surface area contributed by atoms with Gasteiger partial charge >= 0.3 is 5.97 Å². The van der Waals surface area contributed by atoms with Crippen LogP contribution in [0.25, 0.3) is 16.1 Å². The highest BCUT2D eigenvalue weighted by atomic mass is 32.1. The first kappa shape index (κ1) is 21.6. The molecule has 6 nitrogen and oxygen atoms in total. The molecule has 0 amide bonds. The number of nitrogens with one attached hydrogen (secondary N) is 1. The number of anilines is 2. The summed E-state index contributed by atoms with van der Waals surface area (Å²) < 4.78 is 7.09. The number of carbonyl (C=O) groups is 1. The van der Waals surface area contributed by atoms with Gasteiger partial charge in [0.25, 0.3) is 0 Å². The van der Waals surface area contributed by atoms with Crippen molar-refractivity contribution in [2.75, 3.05) is 12.4 Å². The second-order valence-corrected chi connectivity index (χ2v) is 8.43. The first-order chi connectivity index (χ1) is 15.4. The lowest BCUT2D eigenvalue weighted by atomic mass is 10.1. The Morgan fingerprint density at radius 3 is 2.62 bits per heavy atom. The summed E-state index contributed by atoms with van der Waals surface area (Å²) in [5, 5.41) is 20.2. The van der Waals surface area contributed by atoms with E-state index in [9.17, 15) is 9.90 Å². The van der Waals surface area contributed by atoms with Crippen molar-refractivity contribution < 1.29 is 14.6 Å². The molecule has 0 saturated heterocycles. The highest BCUT2D eigenvalue weighted by Crippen LogP contribution is 2.40. The summed E-state index contributed by atoms with van der Waals surface area (Å²) in [6.45, 7) is 6.14. The topological polar surface area (TPSA) is 76.4 Å². The highest BCUT2D eigenvalue weighted by molar-refractivity contribution is 7.13. The Balaban J connectivity index is 1.93. The van der Waals surface area contributed by atoms with E-state index in [4.69, 9.17) is 9.84 Å². The number of ether oxygens (including phenoxy) is 1. The van der Waals surface area contributed by atoms with E-state index in [2.05, 4.69) is 23.7 Å². The SMILES string of the molecule is CCc1csc(-c2c(C)nn(-c3ccccc3C)c2Nc2ccc(OC)cc2C(=O)O)c1. The molecule has 2 aromatic carbocycles. The van der Waals surface area contributed by atoms with Gasteiger partial charge in [-0.3, -0.25) is 0 Å². The molecular formula is C25H25N3O3S. The summed E-state index contributed by atoms with van der Waals surface area (Å²) in [6, 6.07) is 15.2. The molecular weight excluding hydrogens is 422 g/mol. The van der Waals surface area contributed by atoms with Gasteiger partial charge in [-0.2, -0.15) is 5.10 Å². The van der Waals surface area contributed by atoms with Crippen molar-refractivity contribution in [1.82, 2.24) is 9.78 Å². The normalized spacial score (nSPS) is 10.9. The van der Waals surface area contributed by atoms with Gasteiger partial charge < -0.3 is 15.2 Å². The first-order valence-electron chi connectivity index (χ1n) is 10.3. The van der Waals surface area contributed by atoms with E-state index in [-0.39, 0.29) is 5.56 Å². The van der Waals surface area contributed by atoms with E-state index in [0.29, 0.717) is 11.4 Å². The Morgan fingerprint density at radius 2 is 1.97 bits per heavy atom. The maximum atomic E-state index is 12.0. The van der Waals surface area contributed by atoms with Gasteiger partial charge in [-0.25, -0.2) is 9.48 Å². The van der Waals surface area contributed by atoms with Crippen LogP contribution in [0.1, 0.15) is 34.1 Å². The predicted molar refractivity (Wildman–Crippen MR) is 129 cm³/mol. The first-order valence-corrected chi connectivity index (χ1v) is 11.2. The minimum Gasteiger partial charge on any atom is -0.497 e. The Labute approximate surface area is 191 Å². The number of carboxylic acids is 1. The Morgan fingerprint density at radius 1 is 1.19 bits per heavy atom. The fraction of sp³-hybridized carbons (Fsp3) is 0.200. The zero-order chi connectivity index (χ0) is 22.8. The number of carboxylic acid groups (broad SMARTS) is 1. The summed E-state index contributed by atoms with van der Waals surface area (Å²) in [5.41, 5.74) is 5.69. The van der Waals surface area contributed by atoms with E-state index in [1.165, 1.54) is 18.7 Å². The van der Waals surface area contributed by atoms with Crippen LogP contribution in [0.2, 0.25) is 0 Å². The van der Waals surface area contributed by atoms with E-state index in [0.717, 1.165) is 39.6 Å². The maximum absolute atomic E-state index is 12.0. The summed E-state index contributed by atoms with van der Waals surface area (Å²) in [4.78, 5) is 13.1. The quantitative estimate of drug-likeness (QED) is 0.351. The lowest BCUT2D eigenvalue weighted by Gasteiger charge is -2.15. The molecule has 2 aromatic heterocycles. The standard InChI is InChI=1S/C25H25N3O3S/c1-5-17-12-22(32-14-17)23-16(3)27-28(21-9-7-6-8-15(21)2)24(23)26-20-11-10-18(31-4)13-19(20)25(29)30/h6-14,26H,5H2,1-4H3,(H,29,30). The lowest BCUT2D eigenvalue weighted by Crippen LogP contribution is -2.08. The summed E-state index contributed by atoms with van der Waals surface area (Å²) in [5.74, 6) is 0.188. The van der Waals surface area contributed by atoms with Crippen LogP contribution in [0.15, 0.2) is 53.9 Å². The van der Waals surface area contributed by atoms with Gasteiger partial charge in [0.15, 0.2) is 0 Å². The number of hydrogen-bond acceptors (Lipinski definition) is 5. The zero-order valence-electron chi connectivity index (χ0n) is 18.5. The maximum Gasteiger partial charge on any atom is 0.337 e. The van der Waals surface area contributed by atoms with Crippen molar-refractivity contribution in [3.8, 4) is 21.9 Å². The van der Waals surface area contributed by atoms with Crippen LogP contribution in [-0.2, 0) is 6.42 Å². The number of aromatic carboxylic acids is 1. The highest BCUT2D eigenvalue weighted by Gasteiger charge is 2.22. The number of rotatable bonds is 7. The second kappa shape index (κ2) is 8.88. The molecule has 2 N–H and O–H groups in total. The number of para-hydroxylation sites is 1. The van der Waals surface area contributed by atoms with E-state index >= 15 is 0 Å². The lowest BCUT2D eigenvalue weighted by molar-refractivity contribution is 0.0697. The third-order valence-electron chi connectivity index (χ3n) is 5.42. The monoisotopic (exact) mass is 447 g/mol. The number of aromatic nitrogens is 2. The van der Waals surface area contributed by atoms with Crippen LogP contribution in [-0.4, -0.2) is 28.0 Å². The molecule has 164 valence electrons. The molecule has 4 aromatic rings. The molecule has 0 radical (unpaired) electrons. The van der Waals surface area contributed by atoms with Gasteiger partial charge in [0.1, 0.15) is 11.6 Å². The Bertz CT molecular complexity index is 1290. The molecule has 7 heteroatoms. The fourth-order valence-corrected chi connectivity index (χ4v) is 4.76. The smallest absolute Gasteiger partial charge is 0.337 e. The van der Waals surface area contributed by atoms with E-state index in [1.54, 1.807) is 23.5 Å². The zero-order valence-corrected chi connectivity index (χ0v) is 19.3. The predicted octanol–water partition coefficient (Wildman–Crippen LogP) is 6.23. The van der Waals surface area contributed by atoms with Gasteiger partial charge in [0.2, 0.25) is 0 Å². The molecule has 0 spiro atoms. The Kier molecular flexibility index (Phi) is 6.01. The molecule has 2 heterocycles. The molecule has 0 unspecified atom stereocenters. The summed E-state index contributed by atoms with van der Waals surface area (Å²) >= 11 is 1.67. The van der Waals surface area contributed by atoms with Gasteiger partial charge in [0.05, 0.1) is 35.3 Å². The minimum absolute atomic E-state index is 0.130. The van der Waals surface area contributed by atoms with Crippen LogP contribution < -0.4 is 10.1 Å². The molecule has 32 heavy (non-hydrogen) atoms. The van der Waals surface area contributed by atoms with Gasteiger partial charge in [-0.1, -0.05) is 25.1 Å². The van der Waals surface area contributed by atoms with Gasteiger partial charge in [0, 0.05) is 4.88 Å². The van der Waals surface area contributed by atoms with Crippen LogP contribution in [0.3, 0.4) is 0 Å². The summed E-state index contributed by atoms with van der Waals surface area (Å²) in [6.07, 6.45) is 0.950. The number of hydrogen-bond donors (Lipinski definition) is 2. The summed E-state index contributed by atoms with van der Waals surface area (Å²) in [7, 11) is 1.52. The number of thiophene rings is 1. The van der Waals surface area contributed by atoms with Crippen molar-refractivity contribution in [1.29, 1.82) is 0 Å². The average Bonchev–Trinajstić information content (AvgIpc) is 3.38. The largest absolute Gasteiger partial charge is 0.497 e. The molecule has 0 fully saturated rings. The average molecular weight is 448 g/mol. The number of methoxy groups -OCH3 is 1. The molecule has 0 aliphatic rings. The van der Waals surface area contributed by atoms with Crippen LogP contribution in [0.5, 0.6) is 5.75 Å². The molecule has 0 aliphatic carbocycles. The van der Waals surface area contributed by atoms with Crippen molar-refractivity contribution in [3.63, 3.8) is 0 Å². The van der Waals surface area contributed by atoms with E-state index in [1.807, 2.05) is 42.8 Å². The second-order valence-electron chi connectivity index (χ2n) is 7.52. The van der Waals surface area contributed by atoms with Crippen LogP contribution in [0, 0.1) is 13.8 Å². The van der Waals surface area contributed by atoms with Crippen molar-refractivity contribution >= 4 is 28.8 Å². The van der Waals surface area contributed by atoms with Gasteiger partial charge in [-0.05, 0) is 67.1 Å². The number of nitrogens with zero attached hydrogens (tertiary/aromatic N) is 2. The van der Waals surface area contributed by atoms with Crippen LogP contribution >= 0.6 is 11.3 Å². The third kappa shape index (κ3) is 3.99. The fourth-order valence-electron chi connectivity index (χ4n) is 3.67. The van der Waals surface area contributed by atoms with Crippen molar-refractivity contribution in [2.45, 2.75) is 27.2 Å². The van der Waals surface area contributed by atoms with Gasteiger partial charge in [-0.15, -0.1) is 11.3 Å². The molecule has 4 rings (SSSR count). The molecule has 0 bridgehead atoms. The van der Waals surface area contributed by atoms with E-state index < -0.39 is 5.97 Å². The number of benzene rings is 2. The molecule has 0 atom stereocenters. The van der Waals surface area contributed by atoms with Crippen molar-refractivity contribution in [3.05, 3.63) is 76.3 Å². The molecule has 0 saturated carbocycles. The van der Waals surface area contributed by atoms with Crippen molar-refractivity contribution in [2.24, 2.45) is 0 Å². The van der Waals surface area contributed by atoms with Crippen LogP contribution in [0.4, 0.5) is 11.5 Å². The minimum atomic E-state index is -1.03.